The van der Waals surface area contributed by atoms with Gasteiger partial charge in [-0.25, -0.2) is 12.7 Å². The Bertz CT molecular complexity index is 1550. The molecule has 0 aliphatic rings. The average Bonchev–Trinajstić information content (AvgIpc) is 3.36. The number of thioether (sulfide) groups is 1. The molecule has 3 aromatic carbocycles. The molecule has 4 rings (SSSR count). The van der Waals surface area contributed by atoms with Gasteiger partial charge in [0.1, 0.15) is 11.5 Å². The van der Waals surface area contributed by atoms with Crippen LogP contribution in [0.25, 0.3) is 17.1 Å². The van der Waals surface area contributed by atoms with E-state index < -0.39 is 10.0 Å². The van der Waals surface area contributed by atoms with Gasteiger partial charge < -0.3 is 14.8 Å². The normalized spacial score (nSPS) is 11.4. The second-order valence-electron chi connectivity index (χ2n) is 8.23. The zero-order valence-electron chi connectivity index (χ0n) is 21.3. The van der Waals surface area contributed by atoms with E-state index in [4.69, 9.17) is 9.47 Å². The predicted molar refractivity (Wildman–Crippen MR) is 147 cm³/mol. The van der Waals surface area contributed by atoms with E-state index in [2.05, 4.69) is 15.5 Å². The number of ether oxygens (including phenoxy) is 2. The predicted octanol–water partition coefficient (Wildman–Crippen LogP) is 3.93. The molecule has 0 atom stereocenters. The lowest BCUT2D eigenvalue weighted by molar-refractivity contribution is -0.113. The summed E-state index contributed by atoms with van der Waals surface area (Å²) in [5, 5.41) is 12.0. The molecule has 4 aromatic rings. The van der Waals surface area contributed by atoms with Crippen LogP contribution in [0.5, 0.6) is 11.5 Å². The van der Waals surface area contributed by atoms with Crippen LogP contribution in [-0.4, -0.2) is 67.5 Å². The maximum absolute atomic E-state index is 12.7. The first-order chi connectivity index (χ1) is 18.2. The van der Waals surface area contributed by atoms with E-state index in [-0.39, 0.29) is 16.6 Å². The highest BCUT2D eigenvalue weighted by Crippen LogP contribution is 2.31. The van der Waals surface area contributed by atoms with Crippen LogP contribution >= 0.6 is 11.8 Å². The number of amides is 1. The molecule has 0 aliphatic carbocycles. The van der Waals surface area contributed by atoms with Gasteiger partial charge in [0.25, 0.3) is 0 Å². The van der Waals surface area contributed by atoms with Crippen LogP contribution in [0.4, 0.5) is 5.69 Å². The van der Waals surface area contributed by atoms with Gasteiger partial charge in [-0.1, -0.05) is 36.0 Å². The topological polar surface area (TPSA) is 116 Å². The quantitative estimate of drug-likeness (QED) is 0.294. The van der Waals surface area contributed by atoms with E-state index in [1.807, 2.05) is 24.3 Å². The summed E-state index contributed by atoms with van der Waals surface area (Å²) in [6, 6.07) is 20.9. The van der Waals surface area contributed by atoms with Crippen molar-refractivity contribution in [2.45, 2.75) is 10.1 Å². The third-order valence-electron chi connectivity index (χ3n) is 5.50. The third-order valence-corrected chi connectivity index (χ3v) is 8.24. The molecule has 1 amide bonds. The highest BCUT2D eigenvalue weighted by Gasteiger charge is 2.22. The third kappa shape index (κ3) is 5.98. The first-order valence-electron chi connectivity index (χ1n) is 11.4. The highest BCUT2D eigenvalue weighted by atomic mass is 32.2. The maximum atomic E-state index is 12.7. The van der Waals surface area contributed by atoms with Crippen molar-refractivity contribution in [3.8, 4) is 28.6 Å². The average molecular weight is 554 g/mol. The molecule has 10 nitrogen and oxygen atoms in total. The number of aromatic nitrogens is 3. The molecule has 0 fully saturated rings. The van der Waals surface area contributed by atoms with Gasteiger partial charge in [-0.2, -0.15) is 0 Å². The minimum absolute atomic E-state index is 0.0638. The summed E-state index contributed by atoms with van der Waals surface area (Å²) in [5.74, 6) is 1.51. The highest BCUT2D eigenvalue weighted by molar-refractivity contribution is 7.99. The van der Waals surface area contributed by atoms with Gasteiger partial charge in [0.15, 0.2) is 11.0 Å². The molecule has 0 aliphatic heterocycles. The van der Waals surface area contributed by atoms with Gasteiger partial charge in [0.05, 0.1) is 30.6 Å². The van der Waals surface area contributed by atoms with Crippen LogP contribution in [0.15, 0.2) is 82.8 Å². The van der Waals surface area contributed by atoms with E-state index in [0.29, 0.717) is 39.4 Å². The number of benzene rings is 3. The summed E-state index contributed by atoms with van der Waals surface area (Å²) in [5.41, 5.74) is 1.86. The fourth-order valence-electron chi connectivity index (χ4n) is 3.57. The zero-order valence-corrected chi connectivity index (χ0v) is 22.9. The molecule has 0 saturated heterocycles. The van der Waals surface area contributed by atoms with Crippen molar-refractivity contribution in [2.75, 3.05) is 39.4 Å². The Morgan fingerprint density at radius 1 is 0.947 bits per heavy atom. The Hall–Kier alpha value is -3.87. The van der Waals surface area contributed by atoms with Crippen molar-refractivity contribution in [3.63, 3.8) is 0 Å². The molecule has 0 spiro atoms. The number of carbonyl (C=O) groups excluding carboxylic acids is 1. The van der Waals surface area contributed by atoms with Crippen LogP contribution in [0, 0.1) is 0 Å². The van der Waals surface area contributed by atoms with Crippen molar-refractivity contribution in [1.29, 1.82) is 0 Å². The first kappa shape index (κ1) is 27.2. The lowest BCUT2D eigenvalue weighted by atomic mass is 10.2. The van der Waals surface area contributed by atoms with Gasteiger partial charge in [0, 0.05) is 37.5 Å². The SMILES string of the molecule is COc1cccc(NC(=O)CSc2nnc(-c3cccc(S(=O)(=O)N(C)C)c3)n2-c2cccc(OC)c2)c1. The summed E-state index contributed by atoms with van der Waals surface area (Å²) >= 11 is 1.20. The van der Waals surface area contributed by atoms with Crippen molar-refractivity contribution in [3.05, 3.63) is 72.8 Å². The van der Waals surface area contributed by atoms with E-state index in [1.54, 1.807) is 61.3 Å². The van der Waals surface area contributed by atoms with Crippen LogP contribution in [0.3, 0.4) is 0 Å². The molecule has 0 saturated carbocycles. The minimum atomic E-state index is -3.66. The smallest absolute Gasteiger partial charge is 0.242 e. The number of hydrogen-bond donors (Lipinski definition) is 1. The largest absolute Gasteiger partial charge is 0.497 e. The van der Waals surface area contributed by atoms with Crippen molar-refractivity contribution in [1.82, 2.24) is 19.1 Å². The van der Waals surface area contributed by atoms with E-state index >= 15 is 0 Å². The van der Waals surface area contributed by atoms with Crippen molar-refractivity contribution < 1.29 is 22.7 Å². The molecule has 198 valence electrons. The summed E-state index contributed by atoms with van der Waals surface area (Å²) in [6.07, 6.45) is 0. The Morgan fingerprint density at radius 3 is 2.34 bits per heavy atom. The molecule has 0 bridgehead atoms. The molecule has 12 heteroatoms. The number of rotatable bonds is 10. The number of hydrogen-bond acceptors (Lipinski definition) is 8. The number of carbonyl (C=O) groups is 1. The monoisotopic (exact) mass is 553 g/mol. The Morgan fingerprint density at radius 2 is 1.63 bits per heavy atom. The van der Waals surface area contributed by atoms with Crippen LogP contribution in [0.2, 0.25) is 0 Å². The lowest BCUT2D eigenvalue weighted by Gasteiger charge is -2.14. The Labute approximate surface area is 225 Å². The Kier molecular flexibility index (Phi) is 8.35. The number of nitrogens with zero attached hydrogens (tertiary/aromatic N) is 4. The maximum Gasteiger partial charge on any atom is 0.242 e. The van der Waals surface area contributed by atoms with Crippen LogP contribution in [0.1, 0.15) is 0 Å². The molecule has 1 aromatic heterocycles. The Balaban J connectivity index is 1.68. The summed E-state index contributed by atoms with van der Waals surface area (Å²) < 4.78 is 39.0. The van der Waals surface area contributed by atoms with Crippen LogP contribution < -0.4 is 14.8 Å². The molecular weight excluding hydrogens is 526 g/mol. The fraction of sp³-hybridized carbons (Fsp3) is 0.192. The van der Waals surface area contributed by atoms with Crippen molar-refractivity contribution >= 4 is 33.4 Å². The fourth-order valence-corrected chi connectivity index (χ4v) is 5.27. The molecule has 38 heavy (non-hydrogen) atoms. The van der Waals surface area contributed by atoms with Crippen molar-refractivity contribution in [2.24, 2.45) is 0 Å². The van der Waals surface area contributed by atoms with Gasteiger partial charge in [-0.05, 0) is 36.4 Å². The van der Waals surface area contributed by atoms with Gasteiger partial charge in [-0.15, -0.1) is 10.2 Å². The first-order valence-corrected chi connectivity index (χ1v) is 13.8. The van der Waals surface area contributed by atoms with E-state index in [9.17, 15) is 13.2 Å². The molecule has 1 N–H and O–H groups in total. The number of anilines is 1. The number of sulfonamides is 1. The van der Waals surface area contributed by atoms with Gasteiger partial charge in [-0.3, -0.25) is 9.36 Å². The molecule has 1 heterocycles. The minimum Gasteiger partial charge on any atom is -0.497 e. The standard InChI is InChI=1S/C26H27N5O5S2/c1-30(2)38(33,34)23-13-5-8-18(14-23)25-28-29-26(31(25)20-10-7-12-22(16-20)36-4)37-17-24(32)27-19-9-6-11-21(15-19)35-3/h5-16H,17H2,1-4H3,(H,27,32). The summed E-state index contributed by atoms with van der Waals surface area (Å²) in [7, 11) is 2.43. The van der Waals surface area contributed by atoms with Gasteiger partial charge >= 0.3 is 0 Å². The number of methoxy groups -OCH3 is 2. The van der Waals surface area contributed by atoms with Gasteiger partial charge in [0.2, 0.25) is 15.9 Å². The molecule has 0 unspecified atom stereocenters. The van der Waals surface area contributed by atoms with E-state index in [1.165, 1.54) is 31.9 Å². The number of nitrogens with one attached hydrogen (secondary N) is 1. The second-order valence-corrected chi connectivity index (χ2v) is 11.3. The molecular formula is C26H27N5O5S2. The zero-order chi connectivity index (χ0) is 27.3. The summed E-state index contributed by atoms with van der Waals surface area (Å²) in [4.78, 5) is 12.8. The van der Waals surface area contributed by atoms with Crippen LogP contribution in [-0.2, 0) is 14.8 Å². The molecule has 0 radical (unpaired) electrons. The van der Waals surface area contributed by atoms with E-state index in [0.717, 1.165) is 4.31 Å². The summed E-state index contributed by atoms with van der Waals surface area (Å²) in [6.45, 7) is 0. The second kappa shape index (κ2) is 11.7. The lowest BCUT2D eigenvalue weighted by Crippen LogP contribution is -2.22.